The van der Waals surface area contributed by atoms with Gasteiger partial charge in [0.1, 0.15) is 0 Å². The number of allylic oxidation sites excluding steroid dienone is 1. The van der Waals surface area contributed by atoms with Crippen LogP contribution in [-0.2, 0) is 0 Å². The highest BCUT2D eigenvalue weighted by Crippen LogP contribution is 2.33. The molecule has 0 saturated carbocycles. The largest absolute Gasteiger partial charge is 0.573 e. The minimum atomic E-state index is -4.92. The molecule has 1 aromatic rings. The highest BCUT2D eigenvalue weighted by Gasteiger charge is 2.34. The van der Waals surface area contributed by atoms with Crippen molar-refractivity contribution in [3.05, 3.63) is 48.2 Å². The molecule has 5 heteroatoms. The fourth-order valence-electron chi connectivity index (χ4n) is 1.15. The first kappa shape index (κ1) is 12.5. The van der Waals surface area contributed by atoms with Crippen molar-refractivity contribution in [3.8, 4) is 5.75 Å². The van der Waals surface area contributed by atoms with Crippen molar-refractivity contribution in [2.75, 3.05) is 0 Å². The maximum Gasteiger partial charge on any atom is 0.573 e. The number of hydrogen-bond acceptors (Lipinski definition) is 1. The van der Waals surface area contributed by atoms with Crippen LogP contribution < -0.4 is 4.74 Å². The van der Waals surface area contributed by atoms with E-state index in [1.165, 1.54) is 25.1 Å². The van der Waals surface area contributed by atoms with Crippen LogP contribution >= 0.6 is 0 Å². The molecule has 0 unspecified atom stereocenters. The summed E-state index contributed by atoms with van der Waals surface area (Å²) in [6.07, 6.45) is -3.59. The normalized spacial score (nSPS) is 11.6. The maximum absolute atomic E-state index is 13.2. The molecule has 1 radical (unpaired) electrons. The van der Waals surface area contributed by atoms with Gasteiger partial charge in [-0.15, -0.1) is 19.8 Å². The van der Waals surface area contributed by atoms with Gasteiger partial charge >= 0.3 is 6.36 Å². The molecule has 0 aliphatic heterocycles. The van der Waals surface area contributed by atoms with E-state index in [1.54, 1.807) is 0 Å². The molecule has 0 fully saturated rings. The van der Waals surface area contributed by atoms with Crippen LogP contribution in [0.2, 0.25) is 0 Å². The Morgan fingerprint density at radius 1 is 1.38 bits per heavy atom. The molecule has 0 bridgehead atoms. The van der Waals surface area contributed by atoms with Crippen molar-refractivity contribution in [3.63, 3.8) is 0 Å². The monoisotopic (exact) mass is 233 g/mol. The third kappa shape index (κ3) is 2.98. The zero-order valence-electron chi connectivity index (χ0n) is 8.44. The molecule has 0 N–H and O–H groups in total. The second-order valence-electron chi connectivity index (χ2n) is 3.05. The summed E-state index contributed by atoms with van der Waals surface area (Å²) in [5.74, 6) is -1.48. The molecule has 0 saturated heterocycles. The minimum Gasteiger partial charge on any atom is -0.402 e. The van der Waals surface area contributed by atoms with E-state index in [0.29, 0.717) is 5.92 Å². The fraction of sp³-hybridized carbons (Fsp3) is 0.182. The van der Waals surface area contributed by atoms with Crippen LogP contribution in [0.15, 0.2) is 30.9 Å². The number of rotatable bonds is 3. The van der Waals surface area contributed by atoms with Crippen molar-refractivity contribution >= 4 is 0 Å². The van der Waals surface area contributed by atoms with Gasteiger partial charge in [-0.25, -0.2) is 4.39 Å². The summed E-state index contributed by atoms with van der Waals surface area (Å²) >= 11 is 0. The molecule has 0 amide bonds. The van der Waals surface area contributed by atoms with Crippen molar-refractivity contribution in [1.82, 2.24) is 0 Å². The quantitative estimate of drug-likeness (QED) is 0.720. The number of hydrogen-bond donors (Lipinski definition) is 0. The fourth-order valence-corrected chi connectivity index (χ4v) is 1.15. The zero-order valence-corrected chi connectivity index (χ0v) is 8.44. The van der Waals surface area contributed by atoms with Gasteiger partial charge in [-0.1, -0.05) is 25.1 Å². The van der Waals surface area contributed by atoms with E-state index in [4.69, 9.17) is 0 Å². The predicted molar refractivity (Wildman–Crippen MR) is 51.3 cm³/mol. The summed E-state index contributed by atoms with van der Waals surface area (Å²) in [6, 6.07) is 3.54. The second kappa shape index (κ2) is 4.55. The van der Waals surface area contributed by atoms with Gasteiger partial charge in [0, 0.05) is 11.5 Å². The Hall–Kier alpha value is -1.52. The summed E-state index contributed by atoms with van der Waals surface area (Å²) in [5.41, 5.74) is 0.0346. The summed E-state index contributed by atoms with van der Waals surface area (Å²) in [4.78, 5) is 0. The van der Waals surface area contributed by atoms with E-state index in [9.17, 15) is 17.6 Å². The smallest absolute Gasteiger partial charge is 0.402 e. The lowest BCUT2D eigenvalue weighted by Gasteiger charge is -2.15. The standard InChI is InChI=1S/C11H9F4O/c1-3-7(2)8-5-4-6-9(12)10(8)16-11(13,14)15/h3-6H,1H2,2H3. The second-order valence-corrected chi connectivity index (χ2v) is 3.05. The van der Waals surface area contributed by atoms with Crippen molar-refractivity contribution < 1.29 is 22.3 Å². The van der Waals surface area contributed by atoms with Gasteiger partial charge in [0.15, 0.2) is 11.6 Å². The molecule has 0 atom stereocenters. The molecule has 0 aromatic heterocycles. The molecule has 0 heterocycles. The van der Waals surface area contributed by atoms with Crippen molar-refractivity contribution in [2.45, 2.75) is 13.3 Å². The summed E-state index contributed by atoms with van der Waals surface area (Å²) in [7, 11) is 0. The molecule has 1 nitrogen and oxygen atoms in total. The summed E-state index contributed by atoms with van der Waals surface area (Å²) in [6.45, 7) is 4.93. The van der Waals surface area contributed by atoms with Gasteiger partial charge in [-0.3, -0.25) is 0 Å². The van der Waals surface area contributed by atoms with E-state index in [2.05, 4.69) is 11.3 Å². The zero-order chi connectivity index (χ0) is 12.3. The Kier molecular flexibility index (Phi) is 3.57. The Morgan fingerprint density at radius 3 is 2.50 bits per heavy atom. The van der Waals surface area contributed by atoms with E-state index < -0.39 is 17.9 Å². The number of benzene rings is 1. The average molecular weight is 233 g/mol. The maximum atomic E-state index is 13.2. The molecule has 87 valence electrons. The number of alkyl halides is 3. The van der Waals surface area contributed by atoms with Crippen LogP contribution in [0.3, 0.4) is 0 Å². The van der Waals surface area contributed by atoms with Crippen LogP contribution in [0, 0.1) is 11.7 Å². The lowest BCUT2D eigenvalue weighted by molar-refractivity contribution is -0.275. The first-order valence-corrected chi connectivity index (χ1v) is 4.36. The third-order valence-corrected chi connectivity index (χ3v) is 1.92. The Labute approximate surface area is 90.3 Å². The van der Waals surface area contributed by atoms with Gasteiger partial charge in [0.2, 0.25) is 0 Å². The van der Waals surface area contributed by atoms with Gasteiger partial charge in [0.05, 0.1) is 0 Å². The SMILES string of the molecule is C=C[C](C)c1cccc(F)c1OC(F)(F)F. The minimum absolute atomic E-state index is 0.0346. The lowest BCUT2D eigenvalue weighted by Crippen LogP contribution is -2.19. The average Bonchev–Trinajstić information content (AvgIpc) is 2.18. The highest BCUT2D eigenvalue weighted by atomic mass is 19.4. The van der Waals surface area contributed by atoms with Crippen LogP contribution in [-0.4, -0.2) is 6.36 Å². The van der Waals surface area contributed by atoms with Crippen molar-refractivity contribution in [2.24, 2.45) is 0 Å². The number of ether oxygens (including phenoxy) is 1. The number of halogens is 4. The van der Waals surface area contributed by atoms with Crippen LogP contribution in [0.5, 0.6) is 5.75 Å². The van der Waals surface area contributed by atoms with Crippen LogP contribution in [0.25, 0.3) is 0 Å². The van der Waals surface area contributed by atoms with Crippen LogP contribution in [0.4, 0.5) is 17.6 Å². The molecular formula is C11H9F4O. The number of para-hydroxylation sites is 1. The van der Waals surface area contributed by atoms with E-state index in [0.717, 1.165) is 6.07 Å². The van der Waals surface area contributed by atoms with E-state index in [1.807, 2.05) is 0 Å². The summed E-state index contributed by atoms with van der Waals surface area (Å²) in [5, 5.41) is 0. The lowest BCUT2D eigenvalue weighted by atomic mass is 10.0. The molecular weight excluding hydrogens is 224 g/mol. The molecule has 1 aromatic carbocycles. The third-order valence-electron chi connectivity index (χ3n) is 1.92. The molecule has 0 aliphatic rings. The van der Waals surface area contributed by atoms with Gasteiger partial charge in [0.25, 0.3) is 0 Å². The Morgan fingerprint density at radius 2 is 2.00 bits per heavy atom. The Bertz CT molecular complexity index is 384. The van der Waals surface area contributed by atoms with Gasteiger partial charge in [-0.2, -0.15) is 0 Å². The highest BCUT2D eigenvalue weighted by molar-refractivity contribution is 5.47. The first-order chi connectivity index (χ1) is 7.35. The molecule has 1 rings (SSSR count). The van der Waals surface area contributed by atoms with E-state index in [-0.39, 0.29) is 5.56 Å². The topological polar surface area (TPSA) is 9.23 Å². The molecule has 0 aliphatic carbocycles. The van der Waals surface area contributed by atoms with Gasteiger partial charge < -0.3 is 4.74 Å². The first-order valence-electron chi connectivity index (χ1n) is 4.36. The molecule has 16 heavy (non-hydrogen) atoms. The van der Waals surface area contributed by atoms with Crippen LogP contribution in [0.1, 0.15) is 12.5 Å². The van der Waals surface area contributed by atoms with Crippen molar-refractivity contribution in [1.29, 1.82) is 0 Å². The Balaban J connectivity index is 3.18. The summed E-state index contributed by atoms with van der Waals surface area (Å²) < 4.78 is 53.0. The van der Waals surface area contributed by atoms with E-state index >= 15 is 0 Å². The van der Waals surface area contributed by atoms with Gasteiger partial charge in [-0.05, 0) is 6.07 Å². The molecule has 0 spiro atoms. The predicted octanol–water partition coefficient (Wildman–Crippen LogP) is 3.85.